The Bertz CT molecular complexity index is 696. The predicted molar refractivity (Wildman–Crippen MR) is 86.1 cm³/mol. The van der Waals surface area contributed by atoms with Crippen LogP contribution in [0.25, 0.3) is 6.08 Å². The third kappa shape index (κ3) is 5.39. The zero-order valence-corrected chi connectivity index (χ0v) is 12.5. The predicted octanol–water partition coefficient (Wildman–Crippen LogP) is 3.41. The van der Waals surface area contributed by atoms with Crippen molar-refractivity contribution in [1.82, 2.24) is 0 Å². The summed E-state index contributed by atoms with van der Waals surface area (Å²) in [5.41, 5.74) is 1.28. The van der Waals surface area contributed by atoms with E-state index in [0.29, 0.717) is 11.3 Å². The Morgan fingerprint density at radius 1 is 1.09 bits per heavy atom. The molecule has 118 valence electrons. The number of anilines is 1. The number of hydrogen-bond acceptors (Lipinski definition) is 3. The number of para-hydroxylation sites is 1. The molecule has 0 aromatic heterocycles. The highest BCUT2D eigenvalue weighted by molar-refractivity contribution is 5.96. The van der Waals surface area contributed by atoms with E-state index in [9.17, 15) is 14.0 Å². The molecule has 0 aliphatic carbocycles. The SMILES string of the molecule is C[C@@H](OC(=O)/C=C/c1ccc(F)cc1)C(=O)Nc1ccccc1. The monoisotopic (exact) mass is 313 g/mol. The van der Waals surface area contributed by atoms with Gasteiger partial charge in [-0.2, -0.15) is 0 Å². The largest absolute Gasteiger partial charge is 0.449 e. The minimum atomic E-state index is -0.930. The Morgan fingerprint density at radius 2 is 1.74 bits per heavy atom. The maximum absolute atomic E-state index is 12.8. The van der Waals surface area contributed by atoms with Gasteiger partial charge in [0.05, 0.1) is 0 Å². The van der Waals surface area contributed by atoms with Gasteiger partial charge in [0.25, 0.3) is 5.91 Å². The maximum atomic E-state index is 12.8. The Kier molecular flexibility index (Phi) is 5.63. The normalized spacial score (nSPS) is 11.9. The molecule has 1 amide bonds. The fourth-order valence-corrected chi connectivity index (χ4v) is 1.77. The number of carbonyl (C=O) groups excluding carboxylic acids is 2. The quantitative estimate of drug-likeness (QED) is 0.680. The van der Waals surface area contributed by atoms with Crippen LogP contribution in [0.4, 0.5) is 10.1 Å². The summed E-state index contributed by atoms with van der Waals surface area (Å²) in [6, 6.07) is 14.5. The first kappa shape index (κ1) is 16.4. The molecular formula is C18H16FNO3. The standard InChI is InChI=1S/C18H16FNO3/c1-13(18(22)20-16-5-3-2-4-6-16)23-17(21)12-9-14-7-10-15(19)11-8-14/h2-13H,1H3,(H,20,22)/b12-9+/t13-/m1/s1. The van der Waals surface area contributed by atoms with Crippen molar-refractivity contribution in [2.75, 3.05) is 5.32 Å². The smallest absolute Gasteiger partial charge is 0.331 e. The molecule has 2 aromatic rings. The van der Waals surface area contributed by atoms with E-state index >= 15 is 0 Å². The van der Waals surface area contributed by atoms with Crippen molar-refractivity contribution in [2.45, 2.75) is 13.0 Å². The third-order valence-electron chi connectivity index (χ3n) is 2.99. The lowest BCUT2D eigenvalue weighted by atomic mass is 10.2. The Morgan fingerprint density at radius 3 is 2.39 bits per heavy atom. The molecule has 0 radical (unpaired) electrons. The number of benzene rings is 2. The Balaban J connectivity index is 1.86. The lowest BCUT2D eigenvalue weighted by Crippen LogP contribution is -2.29. The highest BCUT2D eigenvalue weighted by Crippen LogP contribution is 2.08. The summed E-state index contributed by atoms with van der Waals surface area (Å²) in [5.74, 6) is -1.42. The summed E-state index contributed by atoms with van der Waals surface area (Å²) in [7, 11) is 0. The van der Waals surface area contributed by atoms with Crippen molar-refractivity contribution in [3.63, 3.8) is 0 Å². The summed E-state index contributed by atoms with van der Waals surface area (Å²) < 4.78 is 17.8. The number of carbonyl (C=O) groups is 2. The first-order valence-corrected chi connectivity index (χ1v) is 7.05. The molecule has 0 saturated heterocycles. The molecular weight excluding hydrogens is 297 g/mol. The molecule has 0 saturated carbocycles. The van der Waals surface area contributed by atoms with Gasteiger partial charge in [-0.25, -0.2) is 9.18 Å². The summed E-state index contributed by atoms with van der Waals surface area (Å²) in [6.07, 6.45) is 1.75. The van der Waals surface area contributed by atoms with Crippen molar-refractivity contribution >= 4 is 23.6 Å². The fraction of sp³-hybridized carbons (Fsp3) is 0.111. The number of hydrogen-bond donors (Lipinski definition) is 1. The van der Waals surface area contributed by atoms with Crippen LogP contribution in [0.1, 0.15) is 12.5 Å². The minimum absolute atomic E-state index is 0.351. The number of esters is 1. The summed E-state index contributed by atoms with van der Waals surface area (Å²) in [4.78, 5) is 23.6. The molecule has 0 spiro atoms. The number of rotatable bonds is 5. The van der Waals surface area contributed by atoms with E-state index in [1.54, 1.807) is 24.3 Å². The summed E-state index contributed by atoms with van der Waals surface area (Å²) in [5, 5.41) is 2.65. The minimum Gasteiger partial charge on any atom is -0.449 e. The first-order valence-electron chi connectivity index (χ1n) is 7.05. The van der Waals surface area contributed by atoms with Gasteiger partial charge >= 0.3 is 5.97 Å². The molecule has 0 heterocycles. The van der Waals surface area contributed by atoms with Gasteiger partial charge in [-0.15, -0.1) is 0 Å². The van der Waals surface area contributed by atoms with Crippen LogP contribution >= 0.6 is 0 Å². The second-order valence-corrected chi connectivity index (χ2v) is 4.82. The first-order chi connectivity index (χ1) is 11.0. The molecule has 2 aromatic carbocycles. The van der Waals surface area contributed by atoms with Gasteiger partial charge in [0, 0.05) is 11.8 Å². The van der Waals surface area contributed by atoms with Crippen LogP contribution in [0.5, 0.6) is 0 Å². The van der Waals surface area contributed by atoms with E-state index in [4.69, 9.17) is 4.74 Å². The molecule has 0 aliphatic rings. The van der Waals surface area contributed by atoms with Crippen LogP contribution in [0.15, 0.2) is 60.7 Å². The number of nitrogens with one attached hydrogen (secondary N) is 1. The van der Waals surface area contributed by atoms with Crippen molar-refractivity contribution < 1.29 is 18.7 Å². The summed E-state index contributed by atoms with van der Waals surface area (Å²) >= 11 is 0. The number of ether oxygens (including phenoxy) is 1. The summed E-state index contributed by atoms with van der Waals surface area (Å²) in [6.45, 7) is 1.49. The van der Waals surface area contributed by atoms with Crippen molar-refractivity contribution in [3.05, 3.63) is 72.1 Å². The van der Waals surface area contributed by atoms with Gasteiger partial charge in [0.1, 0.15) is 5.82 Å². The molecule has 1 N–H and O–H groups in total. The highest BCUT2D eigenvalue weighted by Gasteiger charge is 2.16. The van der Waals surface area contributed by atoms with E-state index in [-0.39, 0.29) is 5.82 Å². The van der Waals surface area contributed by atoms with Gasteiger partial charge in [-0.05, 0) is 42.8 Å². The fourth-order valence-electron chi connectivity index (χ4n) is 1.77. The molecule has 0 unspecified atom stereocenters. The Hall–Kier alpha value is -2.95. The van der Waals surface area contributed by atoms with Crippen molar-refractivity contribution in [1.29, 1.82) is 0 Å². The second kappa shape index (κ2) is 7.89. The second-order valence-electron chi connectivity index (χ2n) is 4.82. The molecule has 0 fully saturated rings. The molecule has 4 nitrogen and oxygen atoms in total. The molecule has 2 rings (SSSR count). The maximum Gasteiger partial charge on any atom is 0.331 e. The molecule has 0 bridgehead atoms. The average Bonchev–Trinajstić information content (AvgIpc) is 2.55. The van der Waals surface area contributed by atoms with Crippen molar-refractivity contribution in [2.24, 2.45) is 0 Å². The molecule has 23 heavy (non-hydrogen) atoms. The Labute approximate surface area is 133 Å². The van der Waals surface area contributed by atoms with Gasteiger partial charge in [0.2, 0.25) is 0 Å². The van der Waals surface area contributed by atoms with Crippen LogP contribution in [0.3, 0.4) is 0 Å². The van der Waals surface area contributed by atoms with Gasteiger partial charge in [-0.3, -0.25) is 4.79 Å². The van der Waals surface area contributed by atoms with Crippen LogP contribution in [0, 0.1) is 5.82 Å². The topological polar surface area (TPSA) is 55.4 Å². The number of halogens is 1. The zero-order chi connectivity index (χ0) is 16.7. The molecule has 0 aliphatic heterocycles. The third-order valence-corrected chi connectivity index (χ3v) is 2.99. The van der Waals surface area contributed by atoms with E-state index < -0.39 is 18.0 Å². The average molecular weight is 313 g/mol. The lowest BCUT2D eigenvalue weighted by Gasteiger charge is -2.12. The van der Waals surface area contributed by atoms with E-state index in [1.807, 2.05) is 6.07 Å². The van der Waals surface area contributed by atoms with Gasteiger partial charge < -0.3 is 10.1 Å². The van der Waals surface area contributed by atoms with E-state index in [0.717, 1.165) is 0 Å². The van der Waals surface area contributed by atoms with E-state index in [2.05, 4.69) is 5.32 Å². The van der Waals surface area contributed by atoms with Crippen LogP contribution in [-0.4, -0.2) is 18.0 Å². The van der Waals surface area contributed by atoms with Crippen LogP contribution < -0.4 is 5.32 Å². The van der Waals surface area contributed by atoms with Crippen molar-refractivity contribution in [3.8, 4) is 0 Å². The number of amides is 1. The molecule has 1 atom stereocenters. The van der Waals surface area contributed by atoms with Crippen LogP contribution in [-0.2, 0) is 14.3 Å². The highest BCUT2D eigenvalue weighted by atomic mass is 19.1. The van der Waals surface area contributed by atoms with Gasteiger partial charge in [0.15, 0.2) is 6.10 Å². The van der Waals surface area contributed by atoms with Gasteiger partial charge in [-0.1, -0.05) is 30.3 Å². The van der Waals surface area contributed by atoms with E-state index in [1.165, 1.54) is 43.3 Å². The van der Waals surface area contributed by atoms with Crippen LogP contribution in [0.2, 0.25) is 0 Å². The zero-order valence-electron chi connectivity index (χ0n) is 12.5. The lowest BCUT2D eigenvalue weighted by molar-refractivity contribution is -0.148. The molecule has 5 heteroatoms.